The summed E-state index contributed by atoms with van der Waals surface area (Å²) in [5.41, 5.74) is 3.44. The average Bonchev–Trinajstić information content (AvgIpc) is 3.58. The summed E-state index contributed by atoms with van der Waals surface area (Å²) in [7, 11) is -3.65. The van der Waals surface area contributed by atoms with Gasteiger partial charge in [-0.3, -0.25) is 9.78 Å². The minimum absolute atomic E-state index is 0.161. The normalized spacial score (nSPS) is 21.1. The zero-order valence-electron chi connectivity index (χ0n) is 20.0. The molecule has 2 aliphatic rings. The van der Waals surface area contributed by atoms with Crippen molar-refractivity contribution in [1.29, 1.82) is 0 Å². The molecule has 2 aliphatic carbocycles. The highest BCUT2D eigenvalue weighted by Crippen LogP contribution is 2.52. The van der Waals surface area contributed by atoms with Gasteiger partial charge in [-0.15, -0.1) is 0 Å². The van der Waals surface area contributed by atoms with Crippen LogP contribution in [-0.2, 0) is 16.3 Å². The van der Waals surface area contributed by atoms with Crippen molar-refractivity contribution < 1.29 is 17.6 Å². The Morgan fingerprint density at radius 1 is 1.16 bits per heavy atom. The van der Waals surface area contributed by atoms with Gasteiger partial charge in [0.15, 0.2) is 15.6 Å². The molecule has 1 fully saturated rings. The number of allylic oxidation sites excluding steroid dienone is 1. The van der Waals surface area contributed by atoms with Crippen LogP contribution in [0.5, 0.6) is 0 Å². The van der Waals surface area contributed by atoms with Gasteiger partial charge in [-0.05, 0) is 104 Å². The van der Waals surface area contributed by atoms with Gasteiger partial charge >= 0.3 is 0 Å². The summed E-state index contributed by atoms with van der Waals surface area (Å²) in [6, 6.07) is 11.2. The second-order valence-corrected chi connectivity index (χ2v) is 12.9. The van der Waals surface area contributed by atoms with Crippen LogP contribution in [0.3, 0.4) is 0 Å². The first-order valence-corrected chi connectivity index (χ1v) is 14.3. The van der Waals surface area contributed by atoms with Crippen LogP contribution in [0.2, 0.25) is 0 Å². The molecule has 0 N–H and O–H groups in total. The number of carbonyl (C=O) groups is 1. The first-order chi connectivity index (χ1) is 17.8. The van der Waals surface area contributed by atoms with Crippen LogP contribution in [0, 0.1) is 18.2 Å². The maximum absolute atomic E-state index is 14.2. The van der Waals surface area contributed by atoms with Gasteiger partial charge < -0.3 is 0 Å². The molecule has 0 unspecified atom stereocenters. The summed E-state index contributed by atoms with van der Waals surface area (Å²) in [4.78, 5) is 18.6. The summed E-state index contributed by atoms with van der Waals surface area (Å²) >= 11 is 0.959. The molecule has 7 nitrogen and oxygen atoms in total. The number of nitrogens with zero attached hydrogens (tertiary/aromatic N) is 4. The molecule has 1 aromatic carbocycles. The van der Waals surface area contributed by atoms with Crippen LogP contribution in [0.1, 0.15) is 46.6 Å². The zero-order valence-corrected chi connectivity index (χ0v) is 21.6. The molecule has 2 atom stereocenters. The van der Waals surface area contributed by atoms with Crippen molar-refractivity contribution in [2.75, 3.05) is 0 Å². The Balaban J connectivity index is 1.47. The Bertz CT molecular complexity index is 1640. The topological polar surface area (TPSA) is 94.8 Å². The van der Waals surface area contributed by atoms with Crippen molar-refractivity contribution in [2.45, 2.75) is 42.1 Å². The van der Waals surface area contributed by atoms with E-state index in [1.807, 2.05) is 19.1 Å². The first-order valence-electron chi connectivity index (χ1n) is 11.9. The van der Waals surface area contributed by atoms with Gasteiger partial charge in [0, 0.05) is 12.4 Å². The molecule has 6 rings (SSSR count). The quantitative estimate of drug-likeness (QED) is 0.334. The standard InChI is InChI=1S/C27H23FN4O3S2/c1-17-8-10-29-23(12-17)26(33)27-14-18-16-30-32(21-5-3-20(28)4-6-21)24(18)13-19(27)2-7-22(15-27)37(34,35)25-9-11-31-36-25/h3-6,8-13,16,22H,2,7,14-15H2,1H3/t22-,27+/m1/s1. The molecule has 188 valence electrons. The average molecular weight is 535 g/mol. The highest BCUT2D eigenvalue weighted by molar-refractivity contribution is 7.94. The Morgan fingerprint density at radius 3 is 2.70 bits per heavy atom. The predicted octanol–water partition coefficient (Wildman–Crippen LogP) is 5.01. The SMILES string of the molecule is Cc1ccnc(C(=O)[C@]23Cc4cnn(-c5ccc(F)cc5)c4C=C2CC[C@@H](S(=O)(=O)c2ccns2)C3)c1. The fraction of sp³-hybridized carbons (Fsp3) is 0.259. The van der Waals surface area contributed by atoms with Crippen molar-refractivity contribution in [3.8, 4) is 5.69 Å². The predicted molar refractivity (Wildman–Crippen MR) is 138 cm³/mol. The number of ketones is 1. The molecule has 0 radical (unpaired) electrons. The van der Waals surface area contributed by atoms with E-state index < -0.39 is 20.5 Å². The Kier molecular flexibility index (Phi) is 5.68. The van der Waals surface area contributed by atoms with Gasteiger partial charge in [-0.1, -0.05) is 5.57 Å². The summed E-state index contributed by atoms with van der Waals surface area (Å²) in [5.74, 6) is -0.509. The maximum Gasteiger partial charge on any atom is 0.192 e. The number of halogens is 1. The molecule has 0 saturated heterocycles. The van der Waals surface area contributed by atoms with E-state index in [1.54, 1.807) is 35.3 Å². The fourth-order valence-electron chi connectivity index (χ4n) is 5.54. The highest BCUT2D eigenvalue weighted by Gasteiger charge is 2.52. The van der Waals surface area contributed by atoms with Crippen molar-refractivity contribution in [3.05, 3.63) is 95.0 Å². The molecule has 1 saturated carbocycles. The number of aryl methyl sites for hydroxylation is 1. The van der Waals surface area contributed by atoms with Crippen LogP contribution in [-0.4, -0.2) is 38.6 Å². The summed E-state index contributed by atoms with van der Waals surface area (Å²) in [6.45, 7) is 1.90. The number of Topliss-reactive ketones (excluding diaryl/α,β-unsaturated/α-hetero) is 1. The smallest absolute Gasteiger partial charge is 0.192 e. The lowest BCUT2D eigenvalue weighted by molar-refractivity contribution is 0.0796. The van der Waals surface area contributed by atoms with E-state index in [2.05, 4.69) is 14.5 Å². The summed E-state index contributed by atoms with van der Waals surface area (Å²) < 4.78 is 46.5. The molecule has 3 heterocycles. The van der Waals surface area contributed by atoms with Gasteiger partial charge in [0.2, 0.25) is 0 Å². The Hall–Kier alpha value is -3.50. The molecular weight excluding hydrogens is 511 g/mol. The van der Waals surface area contributed by atoms with Crippen LogP contribution in [0.15, 0.2) is 70.8 Å². The molecular formula is C27H23FN4O3S2. The zero-order chi connectivity index (χ0) is 25.8. The van der Waals surface area contributed by atoms with Crippen LogP contribution in [0.25, 0.3) is 11.8 Å². The molecule has 0 spiro atoms. The Morgan fingerprint density at radius 2 is 1.97 bits per heavy atom. The van der Waals surface area contributed by atoms with Crippen molar-refractivity contribution in [3.63, 3.8) is 0 Å². The van der Waals surface area contributed by atoms with E-state index in [9.17, 15) is 17.6 Å². The number of benzene rings is 1. The lowest BCUT2D eigenvalue weighted by Gasteiger charge is -2.43. The molecule has 3 aromatic heterocycles. The minimum Gasteiger partial charge on any atom is -0.291 e. The number of sulfone groups is 1. The fourth-order valence-corrected chi connectivity index (χ4v) is 8.35. The van der Waals surface area contributed by atoms with Gasteiger partial charge in [-0.25, -0.2) is 17.5 Å². The van der Waals surface area contributed by atoms with E-state index in [4.69, 9.17) is 0 Å². The van der Waals surface area contributed by atoms with Crippen molar-refractivity contribution in [2.24, 2.45) is 5.41 Å². The van der Waals surface area contributed by atoms with Gasteiger partial charge in [0.25, 0.3) is 0 Å². The number of pyridine rings is 1. The van der Waals surface area contributed by atoms with Crippen LogP contribution in [0.4, 0.5) is 4.39 Å². The Labute approximate surface area is 217 Å². The lowest BCUT2D eigenvalue weighted by Crippen LogP contribution is -2.45. The van der Waals surface area contributed by atoms with Crippen molar-refractivity contribution in [1.82, 2.24) is 19.1 Å². The number of hydrogen-bond acceptors (Lipinski definition) is 7. The van der Waals surface area contributed by atoms with Crippen molar-refractivity contribution >= 4 is 33.2 Å². The third-order valence-electron chi connectivity index (χ3n) is 7.40. The summed E-state index contributed by atoms with van der Waals surface area (Å²) in [6.07, 6.45) is 8.12. The lowest BCUT2D eigenvalue weighted by atomic mass is 9.61. The number of aromatic nitrogens is 4. The van der Waals surface area contributed by atoms with Gasteiger partial charge in [0.05, 0.1) is 28.2 Å². The second-order valence-electron chi connectivity index (χ2n) is 9.66. The molecule has 37 heavy (non-hydrogen) atoms. The number of carbonyl (C=O) groups excluding carboxylic acids is 1. The maximum atomic E-state index is 14.2. The van der Waals surface area contributed by atoms with Gasteiger partial charge in [-0.2, -0.15) is 9.47 Å². The monoisotopic (exact) mass is 534 g/mol. The number of fused-ring (bicyclic) bond motifs is 2. The number of rotatable bonds is 5. The molecule has 0 bridgehead atoms. The van der Waals surface area contributed by atoms with Crippen LogP contribution < -0.4 is 0 Å². The molecule has 4 aromatic rings. The largest absolute Gasteiger partial charge is 0.291 e. The van der Waals surface area contributed by atoms with E-state index >= 15 is 0 Å². The van der Waals surface area contributed by atoms with Gasteiger partial charge in [0.1, 0.15) is 15.7 Å². The second kappa shape index (κ2) is 8.81. The van der Waals surface area contributed by atoms with E-state index in [0.717, 1.165) is 33.9 Å². The molecule has 0 aliphatic heterocycles. The van der Waals surface area contributed by atoms with Crippen LogP contribution >= 0.6 is 11.5 Å². The number of hydrogen-bond donors (Lipinski definition) is 0. The third kappa shape index (κ3) is 3.95. The highest BCUT2D eigenvalue weighted by atomic mass is 32.2. The molecule has 0 amide bonds. The van der Waals surface area contributed by atoms with E-state index in [-0.39, 0.29) is 22.2 Å². The third-order valence-corrected chi connectivity index (χ3v) is 10.8. The van der Waals surface area contributed by atoms with E-state index in [0.29, 0.717) is 30.6 Å². The first kappa shape index (κ1) is 23.9. The summed E-state index contributed by atoms with van der Waals surface area (Å²) in [5, 5.41) is 3.82. The van der Waals surface area contributed by atoms with E-state index in [1.165, 1.54) is 24.4 Å². The minimum atomic E-state index is -3.65. The molecule has 10 heteroatoms.